The number of hydrogen-bond acceptors (Lipinski definition) is 4. The topological polar surface area (TPSA) is 38.5 Å². The van der Waals surface area contributed by atoms with Gasteiger partial charge in [-0.3, -0.25) is 0 Å². The van der Waals surface area contributed by atoms with Crippen molar-refractivity contribution in [2.24, 2.45) is 0 Å². The lowest BCUT2D eigenvalue weighted by Gasteiger charge is -2.30. The zero-order valence-corrected chi connectivity index (χ0v) is 15.6. The van der Waals surface area contributed by atoms with Gasteiger partial charge in [0.25, 0.3) is 0 Å². The van der Waals surface area contributed by atoms with Crippen LogP contribution < -0.4 is 4.74 Å². The van der Waals surface area contributed by atoms with Gasteiger partial charge in [-0.05, 0) is 73.5 Å². The molecule has 2 aromatic carbocycles. The normalized spacial score (nSPS) is 16.8. The maximum atomic E-state index is 5.57. The van der Waals surface area contributed by atoms with E-state index in [2.05, 4.69) is 53.5 Å². The van der Waals surface area contributed by atoms with Crippen LogP contribution in [-0.2, 0) is 12.8 Å². The number of fused-ring (bicyclic) bond motifs is 2. The van der Waals surface area contributed by atoms with Crippen LogP contribution in [0.2, 0.25) is 0 Å². The first kappa shape index (κ1) is 17.1. The van der Waals surface area contributed by atoms with E-state index in [1.807, 2.05) is 0 Å². The number of likely N-dealkylation sites (N-methyl/N-ethyl adjacent to an activating group) is 1. The minimum absolute atomic E-state index is 0.593. The number of hydrogen-bond donors (Lipinski definition) is 0. The third kappa shape index (κ3) is 3.47. The van der Waals surface area contributed by atoms with Crippen molar-refractivity contribution < 1.29 is 9.26 Å². The predicted octanol–water partition coefficient (Wildman–Crippen LogP) is 4.43. The second-order valence-electron chi connectivity index (χ2n) is 7.33. The number of methoxy groups -OCH3 is 1. The summed E-state index contributed by atoms with van der Waals surface area (Å²) in [5.41, 5.74) is 5.06. The van der Waals surface area contributed by atoms with Gasteiger partial charge in [-0.25, -0.2) is 0 Å². The van der Waals surface area contributed by atoms with E-state index in [4.69, 9.17) is 9.26 Å². The predicted molar refractivity (Wildman–Crippen MR) is 104 cm³/mol. The number of aromatic nitrogens is 1. The average Bonchev–Trinajstić information content (AvgIpc) is 3.14. The third-order valence-electron chi connectivity index (χ3n) is 5.54. The molecule has 0 saturated carbocycles. The summed E-state index contributed by atoms with van der Waals surface area (Å²) in [5.74, 6) is 1.64. The Kier molecular flexibility index (Phi) is 4.93. The lowest BCUT2D eigenvalue weighted by molar-refractivity contribution is 0.299. The minimum atomic E-state index is 0.593. The van der Waals surface area contributed by atoms with Crippen LogP contribution in [0.1, 0.15) is 35.4 Å². The second-order valence-corrected chi connectivity index (χ2v) is 7.33. The largest absolute Gasteiger partial charge is 0.496 e. The molecule has 1 unspecified atom stereocenters. The monoisotopic (exact) mass is 350 g/mol. The third-order valence-corrected chi connectivity index (χ3v) is 5.54. The summed E-state index contributed by atoms with van der Waals surface area (Å²) in [6, 6.07) is 12.9. The van der Waals surface area contributed by atoms with E-state index in [1.165, 1.54) is 29.5 Å². The van der Waals surface area contributed by atoms with Crippen LogP contribution in [0.15, 0.2) is 47.1 Å². The van der Waals surface area contributed by atoms with Crippen LogP contribution in [0, 0.1) is 0 Å². The molecule has 0 aliphatic heterocycles. The molecular formula is C22H26N2O2. The molecule has 0 amide bonds. The first-order chi connectivity index (χ1) is 12.7. The Balaban J connectivity index is 1.40. The molecule has 136 valence electrons. The van der Waals surface area contributed by atoms with Crippen LogP contribution >= 0.6 is 0 Å². The highest BCUT2D eigenvalue weighted by Crippen LogP contribution is 2.36. The van der Waals surface area contributed by atoms with Crippen molar-refractivity contribution in [3.05, 3.63) is 59.3 Å². The second kappa shape index (κ2) is 7.50. The molecule has 1 aliphatic carbocycles. The molecule has 0 saturated heterocycles. The quantitative estimate of drug-likeness (QED) is 0.659. The molecule has 1 aliphatic rings. The van der Waals surface area contributed by atoms with Gasteiger partial charge in [0, 0.05) is 18.5 Å². The standard InChI is InChI=1S/C22H26N2O2/c1-24(12-11-16-9-10-17-14-23-26-22(17)13-16)15-18-5-3-7-20-19(18)6-4-8-21(20)25-2/h4,6,8-10,13-14,18H,3,5,7,11-12,15H2,1-2H3. The Morgan fingerprint density at radius 2 is 2.19 bits per heavy atom. The van der Waals surface area contributed by atoms with Crippen molar-refractivity contribution >= 4 is 11.0 Å². The number of ether oxygens (including phenoxy) is 1. The minimum Gasteiger partial charge on any atom is -0.496 e. The number of benzene rings is 2. The van der Waals surface area contributed by atoms with Crippen LogP contribution in [0.25, 0.3) is 11.0 Å². The van der Waals surface area contributed by atoms with E-state index in [0.717, 1.165) is 42.6 Å². The van der Waals surface area contributed by atoms with Crippen molar-refractivity contribution in [3.63, 3.8) is 0 Å². The van der Waals surface area contributed by atoms with E-state index in [1.54, 1.807) is 13.3 Å². The molecule has 0 spiro atoms. The van der Waals surface area contributed by atoms with Gasteiger partial charge < -0.3 is 14.2 Å². The van der Waals surface area contributed by atoms with E-state index in [0.29, 0.717) is 5.92 Å². The van der Waals surface area contributed by atoms with Crippen molar-refractivity contribution in [1.29, 1.82) is 0 Å². The molecule has 1 heterocycles. The van der Waals surface area contributed by atoms with Crippen LogP contribution in [0.3, 0.4) is 0 Å². The maximum absolute atomic E-state index is 5.57. The van der Waals surface area contributed by atoms with Crippen molar-refractivity contribution in [3.8, 4) is 5.75 Å². The molecule has 0 bridgehead atoms. The molecule has 4 heteroatoms. The molecule has 26 heavy (non-hydrogen) atoms. The zero-order chi connectivity index (χ0) is 17.9. The number of nitrogens with zero attached hydrogens (tertiary/aromatic N) is 2. The molecule has 3 aromatic rings. The van der Waals surface area contributed by atoms with Gasteiger partial charge in [-0.1, -0.05) is 23.4 Å². The highest BCUT2D eigenvalue weighted by atomic mass is 16.5. The van der Waals surface area contributed by atoms with Crippen molar-refractivity contribution in [1.82, 2.24) is 10.1 Å². The first-order valence-electron chi connectivity index (χ1n) is 9.42. The van der Waals surface area contributed by atoms with Crippen LogP contribution in [0.4, 0.5) is 0 Å². The van der Waals surface area contributed by atoms with E-state index in [9.17, 15) is 0 Å². The van der Waals surface area contributed by atoms with Crippen molar-refractivity contribution in [2.45, 2.75) is 31.6 Å². The van der Waals surface area contributed by atoms with E-state index in [-0.39, 0.29) is 0 Å². The lowest BCUT2D eigenvalue weighted by Crippen LogP contribution is -2.28. The molecule has 1 atom stereocenters. The highest BCUT2D eigenvalue weighted by molar-refractivity contribution is 5.76. The SMILES string of the molecule is COc1cccc2c1CCCC2CN(C)CCc1ccc2cnoc2c1. The summed E-state index contributed by atoms with van der Waals surface area (Å²) in [4.78, 5) is 2.45. The molecule has 4 nitrogen and oxygen atoms in total. The van der Waals surface area contributed by atoms with Gasteiger partial charge in [0.05, 0.1) is 13.3 Å². The molecule has 0 fully saturated rings. The Labute approximate surface area is 154 Å². The number of rotatable bonds is 6. The highest BCUT2D eigenvalue weighted by Gasteiger charge is 2.23. The zero-order valence-electron chi connectivity index (χ0n) is 15.6. The molecule has 0 radical (unpaired) electrons. The fourth-order valence-electron chi connectivity index (χ4n) is 4.14. The van der Waals surface area contributed by atoms with Gasteiger partial charge in [-0.2, -0.15) is 0 Å². The molecule has 0 N–H and O–H groups in total. The maximum Gasteiger partial charge on any atom is 0.167 e. The summed E-state index contributed by atoms with van der Waals surface area (Å²) in [6.45, 7) is 2.13. The Morgan fingerprint density at radius 1 is 1.27 bits per heavy atom. The summed E-state index contributed by atoms with van der Waals surface area (Å²) < 4.78 is 10.8. The van der Waals surface area contributed by atoms with E-state index >= 15 is 0 Å². The van der Waals surface area contributed by atoms with Crippen molar-refractivity contribution in [2.75, 3.05) is 27.2 Å². The van der Waals surface area contributed by atoms with Gasteiger partial charge in [0.1, 0.15) is 5.75 Å². The molecular weight excluding hydrogens is 324 g/mol. The summed E-state index contributed by atoms with van der Waals surface area (Å²) >= 11 is 0. The summed E-state index contributed by atoms with van der Waals surface area (Å²) in [6.07, 6.45) is 6.42. The Morgan fingerprint density at radius 3 is 3.08 bits per heavy atom. The van der Waals surface area contributed by atoms with Gasteiger partial charge in [-0.15, -0.1) is 0 Å². The molecule has 4 rings (SSSR count). The van der Waals surface area contributed by atoms with Gasteiger partial charge in [0.2, 0.25) is 0 Å². The van der Waals surface area contributed by atoms with Gasteiger partial charge in [0.15, 0.2) is 5.58 Å². The van der Waals surface area contributed by atoms with E-state index < -0.39 is 0 Å². The fourth-order valence-corrected chi connectivity index (χ4v) is 4.14. The Bertz CT molecular complexity index is 887. The smallest absolute Gasteiger partial charge is 0.167 e. The molecule has 1 aromatic heterocycles. The fraction of sp³-hybridized carbons (Fsp3) is 0.409. The average molecular weight is 350 g/mol. The summed E-state index contributed by atoms with van der Waals surface area (Å²) in [7, 11) is 4.00. The lowest BCUT2D eigenvalue weighted by atomic mass is 9.82. The first-order valence-corrected chi connectivity index (χ1v) is 9.42. The Hall–Kier alpha value is -2.33. The summed E-state index contributed by atoms with van der Waals surface area (Å²) in [5, 5.41) is 4.92. The van der Waals surface area contributed by atoms with Crippen LogP contribution in [0.5, 0.6) is 5.75 Å². The van der Waals surface area contributed by atoms with Crippen LogP contribution in [-0.4, -0.2) is 37.3 Å². The van der Waals surface area contributed by atoms with Gasteiger partial charge >= 0.3 is 0 Å².